The number of hydrogen-bond donors (Lipinski definition) is 2. The number of hydrogen-bond acceptors (Lipinski definition) is 4. The number of nitrogens with zero attached hydrogens (tertiary/aromatic N) is 1. The molecule has 5 nitrogen and oxygen atoms in total. The summed E-state index contributed by atoms with van der Waals surface area (Å²) >= 11 is 0. The molecule has 26 heavy (non-hydrogen) atoms. The van der Waals surface area contributed by atoms with Crippen LogP contribution in [-0.2, 0) is 9.53 Å². The molecule has 1 aromatic rings. The zero-order chi connectivity index (χ0) is 18.8. The van der Waals surface area contributed by atoms with Gasteiger partial charge in [-0.25, -0.2) is 0 Å². The number of amides is 1. The third kappa shape index (κ3) is 5.67. The smallest absolute Gasteiger partial charge is 0.261 e. The van der Waals surface area contributed by atoms with E-state index in [1.807, 2.05) is 12.1 Å². The number of phenols is 1. The molecule has 0 heterocycles. The minimum Gasteiger partial charge on any atom is -0.508 e. The highest BCUT2D eigenvalue weighted by Gasteiger charge is 2.11. The van der Waals surface area contributed by atoms with Crippen LogP contribution in [0.1, 0.15) is 24.8 Å². The third-order valence-corrected chi connectivity index (χ3v) is 3.91. The molecular weight excluding hydrogens is 328 g/mol. The fraction of sp³-hybridized carbons (Fsp3) is 0.238. The normalized spacial score (nSPS) is 14.4. The van der Waals surface area contributed by atoms with Crippen molar-refractivity contribution < 1.29 is 14.6 Å². The van der Waals surface area contributed by atoms with Crippen LogP contribution < -0.4 is 5.32 Å². The molecule has 2 rings (SSSR count). The molecule has 1 amide bonds. The molecule has 134 valence electrons. The van der Waals surface area contributed by atoms with Crippen molar-refractivity contribution in [3.05, 3.63) is 71.0 Å². The summed E-state index contributed by atoms with van der Waals surface area (Å²) in [6.07, 6.45) is 11.6. The lowest BCUT2D eigenvalue weighted by Crippen LogP contribution is -2.26. The second-order valence-electron chi connectivity index (χ2n) is 5.73. The van der Waals surface area contributed by atoms with Gasteiger partial charge in [0.25, 0.3) is 5.91 Å². The molecule has 0 aliphatic heterocycles. The summed E-state index contributed by atoms with van der Waals surface area (Å²) in [5, 5.41) is 21.2. The van der Waals surface area contributed by atoms with E-state index in [4.69, 9.17) is 4.74 Å². The predicted octanol–water partition coefficient (Wildman–Crippen LogP) is 3.61. The number of nitrogens with one attached hydrogen (secondary N) is 1. The van der Waals surface area contributed by atoms with Crippen molar-refractivity contribution in [3.63, 3.8) is 0 Å². The SMILES string of the molecule is COC1=CCCC=C1CCNC(=O)/C(C#N)=C/C=C/c1ccc(O)cc1. The number of carbonyl (C=O) groups excluding carboxylic acids is 1. The van der Waals surface area contributed by atoms with Crippen LogP contribution in [0.4, 0.5) is 0 Å². The Morgan fingerprint density at radius 3 is 2.73 bits per heavy atom. The maximum atomic E-state index is 12.1. The van der Waals surface area contributed by atoms with Gasteiger partial charge in [0.15, 0.2) is 0 Å². The monoisotopic (exact) mass is 350 g/mol. The first-order valence-corrected chi connectivity index (χ1v) is 8.43. The van der Waals surface area contributed by atoms with E-state index in [-0.39, 0.29) is 11.3 Å². The Morgan fingerprint density at radius 1 is 1.31 bits per heavy atom. The molecule has 0 spiro atoms. The number of rotatable bonds is 7. The van der Waals surface area contributed by atoms with Gasteiger partial charge < -0.3 is 15.2 Å². The second-order valence-corrected chi connectivity index (χ2v) is 5.73. The Morgan fingerprint density at radius 2 is 2.04 bits per heavy atom. The van der Waals surface area contributed by atoms with Crippen LogP contribution in [0.15, 0.2) is 65.5 Å². The van der Waals surface area contributed by atoms with Gasteiger partial charge in [0.05, 0.1) is 7.11 Å². The first kappa shape index (κ1) is 19.1. The van der Waals surface area contributed by atoms with Crippen molar-refractivity contribution in [2.24, 2.45) is 0 Å². The molecule has 0 fully saturated rings. The van der Waals surface area contributed by atoms with E-state index in [1.165, 1.54) is 6.08 Å². The highest BCUT2D eigenvalue weighted by atomic mass is 16.5. The molecule has 0 saturated heterocycles. The lowest BCUT2D eigenvalue weighted by molar-refractivity contribution is -0.117. The van der Waals surface area contributed by atoms with Gasteiger partial charge in [-0.1, -0.05) is 30.4 Å². The van der Waals surface area contributed by atoms with Gasteiger partial charge in [-0.15, -0.1) is 0 Å². The molecule has 1 aliphatic rings. The summed E-state index contributed by atoms with van der Waals surface area (Å²) in [6, 6.07) is 8.54. The van der Waals surface area contributed by atoms with Crippen LogP contribution in [0.2, 0.25) is 0 Å². The minimum atomic E-state index is -0.401. The first-order chi connectivity index (χ1) is 12.6. The van der Waals surface area contributed by atoms with Crippen LogP contribution >= 0.6 is 0 Å². The molecule has 0 unspecified atom stereocenters. The average molecular weight is 350 g/mol. The summed E-state index contributed by atoms with van der Waals surface area (Å²) in [5.41, 5.74) is 1.98. The number of aromatic hydroxyl groups is 1. The van der Waals surface area contributed by atoms with Crippen LogP contribution in [-0.4, -0.2) is 24.7 Å². The summed E-state index contributed by atoms with van der Waals surface area (Å²) in [4.78, 5) is 12.1. The maximum Gasteiger partial charge on any atom is 0.261 e. The molecular formula is C21H22N2O3. The molecule has 0 atom stereocenters. The van der Waals surface area contributed by atoms with E-state index in [9.17, 15) is 15.2 Å². The molecule has 0 saturated carbocycles. The largest absolute Gasteiger partial charge is 0.508 e. The number of allylic oxidation sites excluding steroid dienone is 5. The van der Waals surface area contributed by atoms with Crippen LogP contribution in [0.3, 0.4) is 0 Å². The van der Waals surface area contributed by atoms with Gasteiger partial charge >= 0.3 is 0 Å². The molecule has 5 heteroatoms. The van der Waals surface area contributed by atoms with Gasteiger partial charge in [0.1, 0.15) is 23.2 Å². The molecule has 1 aliphatic carbocycles. The summed E-state index contributed by atoms with van der Waals surface area (Å²) < 4.78 is 5.32. The van der Waals surface area contributed by atoms with Crippen LogP contribution in [0, 0.1) is 11.3 Å². The van der Waals surface area contributed by atoms with E-state index < -0.39 is 5.91 Å². The maximum absolute atomic E-state index is 12.1. The molecule has 0 bridgehead atoms. The van der Waals surface area contributed by atoms with E-state index in [2.05, 4.69) is 11.4 Å². The quantitative estimate of drug-likeness (QED) is 0.447. The van der Waals surface area contributed by atoms with E-state index in [0.29, 0.717) is 13.0 Å². The van der Waals surface area contributed by atoms with Crippen molar-refractivity contribution in [2.75, 3.05) is 13.7 Å². The van der Waals surface area contributed by atoms with Crippen molar-refractivity contribution in [1.82, 2.24) is 5.32 Å². The Kier molecular flexibility index (Phi) is 7.26. The predicted molar refractivity (Wildman–Crippen MR) is 101 cm³/mol. The average Bonchev–Trinajstić information content (AvgIpc) is 2.67. The highest BCUT2D eigenvalue weighted by molar-refractivity contribution is 5.97. The Hall–Kier alpha value is -3.26. The number of phenolic OH excluding ortho intramolecular Hbond substituents is 1. The van der Waals surface area contributed by atoms with Crippen LogP contribution in [0.25, 0.3) is 6.08 Å². The Labute approximate surface area is 153 Å². The fourth-order valence-electron chi connectivity index (χ4n) is 2.55. The van der Waals surface area contributed by atoms with Gasteiger partial charge in [-0.2, -0.15) is 5.26 Å². The lowest BCUT2D eigenvalue weighted by atomic mass is 10.0. The van der Waals surface area contributed by atoms with Gasteiger partial charge in [-0.05, 0) is 54.7 Å². The molecule has 0 aromatic heterocycles. The van der Waals surface area contributed by atoms with Crippen molar-refractivity contribution >= 4 is 12.0 Å². The highest BCUT2D eigenvalue weighted by Crippen LogP contribution is 2.21. The number of methoxy groups -OCH3 is 1. The fourth-order valence-corrected chi connectivity index (χ4v) is 2.55. The summed E-state index contributed by atoms with van der Waals surface area (Å²) in [5.74, 6) is 0.648. The standard InChI is InChI=1S/C21H22N2O3/c1-26-20-8-3-2-6-17(20)13-14-23-21(25)18(15-22)7-4-5-16-9-11-19(24)12-10-16/h4-12,24H,2-3,13-14H2,1H3,(H,23,25)/b5-4+,18-7+. The zero-order valence-electron chi connectivity index (χ0n) is 14.7. The van der Waals surface area contributed by atoms with E-state index in [0.717, 1.165) is 29.7 Å². The summed E-state index contributed by atoms with van der Waals surface area (Å²) in [6.45, 7) is 0.437. The minimum absolute atomic E-state index is 0.0418. The van der Waals surface area contributed by atoms with Crippen LogP contribution in [0.5, 0.6) is 5.75 Å². The molecule has 2 N–H and O–H groups in total. The number of nitriles is 1. The summed E-state index contributed by atoms with van der Waals surface area (Å²) in [7, 11) is 1.64. The number of benzene rings is 1. The zero-order valence-corrected chi connectivity index (χ0v) is 14.7. The molecule has 0 radical (unpaired) electrons. The number of ether oxygens (including phenoxy) is 1. The van der Waals surface area contributed by atoms with Gasteiger partial charge in [0.2, 0.25) is 0 Å². The van der Waals surface area contributed by atoms with E-state index in [1.54, 1.807) is 43.5 Å². The first-order valence-electron chi connectivity index (χ1n) is 8.43. The van der Waals surface area contributed by atoms with Gasteiger partial charge in [-0.3, -0.25) is 4.79 Å². The lowest BCUT2D eigenvalue weighted by Gasteiger charge is -2.15. The van der Waals surface area contributed by atoms with Crippen molar-refractivity contribution in [3.8, 4) is 11.8 Å². The Bertz CT molecular complexity index is 794. The topological polar surface area (TPSA) is 82.3 Å². The molecule has 1 aromatic carbocycles. The van der Waals surface area contributed by atoms with Gasteiger partial charge in [0, 0.05) is 6.54 Å². The van der Waals surface area contributed by atoms with E-state index >= 15 is 0 Å². The van der Waals surface area contributed by atoms with Crippen molar-refractivity contribution in [1.29, 1.82) is 5.26 Å². The van der Waals surface area contributed by atoms with Crippen molar-refractivity contribution in [2.45, 2.75) is 19.3 Å². The number of carbonyl (C=O) groups is 1. The third-order valence-electron chi connectivity index (χ3n) is 3.91. The Balaban J connectivity index is 1.88. The second kappa shape index (κ2) is 9.90.